The normalized spacial score (nSPS) is 22.6. The summed E-state index contributed by atoms with van der Waals surface area (Å²) in [4.78, 5) is 34.6. The largest absolute Gasteiger partial charge is 0.481 e. The van der Waals surface area contributed by atoms with Crippen LogP contribution in [-0.4, -0.2) is 33.9 Å². The summed E-state index contributed by atoms with van der Waals surface area (Å²) in [6.07, 6.45) is 0.483. The second-order valence-electron chi connectivity index (χ2n) is 4.78. The molecule has 106 valence electrons. The number of amides is 1. The third-order valence-electron chi connectivity index (χ3n) is 3.62. The van der Waals surface area contributed by atoms with Crippen LogP contribution in [0.4, 0.5) is 5.69 Å². The number of aliphatic carboxylic acids is 1. The highest BCUT2D eigenvalue weighted by Crippen LogP contribution is 2.36. The summed E-state index contributed by atoms with van der Waals surface area (Å²) in [5.74, 6) is -1.78. The highest BCUT2D eigenvalue weighted by atomic mass is 16.6. The fraction of sp³-hybridized carbons (Fsp3) is 0.385. The number of piperidine rings is 1. The second kappa shape index (κ2) is 5.28. The van der Waals surface area contributed by atoms with Crippen LogP contribution in [0.15, 0.2) is 24.3 Å². The van der Waals surface area contributed by atoms with Crippen molar-refractivity contribution in [3.05, 3.63) is 39.9 Å². The minimum absolute atomic E-state index is 0.0644. The van der Waals surface area contributed by atoms with E-state index in [0.29, 0.717) is 5.56 Å². The maximum Gasteiger partial charge on any atom is 0.308 e. The summed E-state index contributed by atoms with van der Waals surface area (Å²) in [5.41, 5.74) is 0.531. The second-order valence-corrected chi connectivity index (χ2v) is 4.78. The van der Waals surface area contributed by atoms with E-state index >= 15 is 0 Å². The van der Waals surface area contributed by atoms with Crippen molar-refractivity contribution < 1.29 is 19.6 Å². The molecule has 0 aliphatic carbocycles. The average molecular weight is 278 g/mol. The molecule has 7 nitrogen and oxygen atoms in total. The quantitative estimate of drug-likeness (QED) is 0.668. The van der Waals surface area contributed by atoms with E-state index in [1.807, 2.05) is 0 Å². The molecule has 2 unspecified atom stereocenters. The minimum Gasteiger partial charge on any atom is -0.481 e. The Morgan fingerprint density at radius 2 is 2.00 bits per heavy atom. The Balaban J connectivity index is 2.36. The van der Waals surface area contributed by atoms with Gasteiger partial charge in [-0.15, -0.1) is 0 Å². The van der Waals surface area contributed by atoms with Gasteiger partial charge in [-0.3, -0.25) is 19.7 Å². The molecule has 0 radical (unpaired) electrons. The number of carbonyl (C=O) groups excluding carboxylic acids is 1. The number of hydrogen-bond acceptors (Lipinski definition) is 4. The van der Waals surface area contributed by atoms with Gasteiger partial charge in [0.25, 0.3) is 5.69 Å². The first-order chi connectivity index (χ1) is 9.41. The number of benzene rings is 1. The summed E-state index contributed by atoms with van der Waals surface area (Å²) in [6, 6.07) is 5.07. The third kappa shape index (κ3) is 2.47. The highest BCUT2D eigenvalue weighted by Gasteiger charge is 2.38. The van der Waals surface area contributed by atoms with Crippen molar-refractivity contribution in [2.45, 2.75) is 18.9 Å². The van der Waals surface area contributed by atoms with Crippen LogP contribution in [-0.2, 0) is 9.59 Å². The van der Waals surface area contributed by atoms with E-state index in [-0.39, 0.29) is 24.4 Å². The first kappa shape index (κ1) is 14.0. The standard InChI is InChI=1S/C13H14N2O5/c1-14-11(16)7-6-10(13(17)18)12(14)8-2-4-9(5-3-8)15(19)20/h2-5,10,12H,6-7H2,1H3,(H,17,18). The minimum atomic E-state index is -0.965. The van der Waals surface area contributed by atoms with Crippen molar-refractivity contribution in [1.29, 1.82) is 0 Å². The molecule has 20 heavy (non-hydrogen) atoms. The van der Waals surface area contributed by atoms with Crippen molar-refractivity contribution in [3.63, 3.8) is 0 Å². The van der Waals surface area contributed by atoms with E-state index in [9.17, 15) is 24.8 Å². The average Bonchev–Trinajstić information content (AvgIpc) is 2.41. The molecular weight excluding hydrogens is 264 g/mol. The molecule has 0 saturated carbocycles. The monoisotopic (exact) mass is 278 g/mol. The molecule has 0 aromatic heterocycles. The predicted octanol–water partition coefficient (Wildman–Crippen LogP) is 1.59. The smallest absolute Gasteiger partial charge is 0.308 e. The Bertz CT molecular complexity index is 554. The Labute approximate surface area is 115 Å². The number of nitro groups is 1. The van der Waals surface area contributed by atoms with Crippen LogP contribution in [0.3, 0.4) is 0 Å². The van der Waals surface area contributed by atoms with Gasteiger partial charge < -0.3 is 10.0 Å². The lowest BCUT2D eigenvalue weighted by Gasteiger charge is -2.37. The van der Waals surface area contributed by atoms with Crippen LogP contribution in [0.25, 0.3) is 0 Å². The molecular formula is C13H14N2O5. The molecule has 1 aliphatic heterocycles. The van der Waals surface area contributed by atoms with Crippen molar-refractivity contribution >= 4 is 17.6 Å². The first-order valence-corrected chi connectivity index (χ1v) is 6.14. The van der Waals surface area contributed by atoms with Gasteiger partial charge in [-0.25, -0.2) is 0 Å². The molecule has 1 aromatic rings. The lowest BCUT2D eigenvalue weighted by atomic mass is 9.84. The zero-order valence-corrected chi connectivity index (χ0v) is 10.9. The molecule has 7 heteroatoms. The van der Waals surface area contributed by atoms with Crippen molar-refractivity contribution in [1.82, 2.24) is 4.90 Å². The Hall–Kier alpha value is -2.44. The van der Waals surface area contributed by atoms with Crippen LogP contribution in [0.2, 0.25) is 0 Å². The molecule has 1 N–H and O–H groups in total. The number of nitro benzene ring substituents is 1. The zero-order valence-electron chi connectivity index (χ0n) is 10.9. The first-order valence-electron chi connectivity index (χ1n) is 6.14. The van der Waals surface area contributed by atoms with E-state index in [4.69, 9.17) is 0 Å². The van der Waals surface area contributed by atoms with Gasteiger partial charge in [0.2, 0.25) is 5.91 Å². The molecule has 0 bridgehead atoms. The lowest BCUT2D eigenvalue weighted by Crippen LogP contribution is -2.42. The number of carbonyl (C=O) groups is 2. The van der Waals surface area contributed by atoms with Gasteiger partial charge in [0.15, 0.2) is 0 Å². The van der Waals surface area contributed by atoms with Gasteiger partial charge in [-0.05, 0) is 12.0 Å². The summed E-state index contributed by atoms with van der Waals surface area (Å²) in [7, 11) is 1.56. The summed E-state index contributed by atoms with van der Waals surface area (Å²) < 4.78 is 0. The third-order valence-corrected chi connectivity index (χ3v) is 3.62. The Morgan fingerprint density at radius 1 is 1.40 bits per heavy atom. The zero-order chi connectivity index (χ0) is 14.9. The van der Waals surface area contributed by atoms with Gasteiger partial charge in [0, 0.05) is 25.6 Å². The van der Waals surface area contributed by atoms with Gasteiger partial charge in [0.1, 0.15) is 0 Å². The van der Waals surface area contributed by atoms with Crippen molar-refractivity contribution in [2.24, 2.45) is 5.92 Å². The summed E-state index contributed by atoms with van der Waals surface area (Å²) >= 11 is 0. The van der Waals surface area contributed by atoms with E-state index in [2.05, 4.69) is 0 Å². The summed E-state index contributed by atoms with van der Waals surface area (Å²) in [5, 5.41) is 19.9. The molecule has 1 aromatic carbocycles. The van der Waals surface area contributed by atoms with E-state index in [1.54, 1.807) is 7.05 Å². The van der Waals surface area contributed by atoms with E-state index in [0.717, 1.165) is 0 Å². The van der Waals surface area contributed by atoms with Gasteiger partial charge in [-0.1, -0.05) is 12.1 Å². The van der Waals surface area contributed by atoms with E-state index in [1.165, 1.54) is 29.2 Å². The molecule has 1 fully saturated rings. The van der Waals surface area contributed by atoms with E-state index < -0.39 is 22.9 Å². The van der Waals surface area contributed by atoms with Crippen molar-refractivity contribution in [3.8, 4) is 0 Å². The topological polar surface area (TPSA) is 101 Å². The van der Waals surface area contributed by atoms with Crippen LogP contribution in [0.1, 0.15) is 24.4 Å². The lowest BCUT2D eigenvalue weighted by molar-refractivity contribution is -0.384. The maximum absolute atomic E-state index is 11.7. The van der Waals surface area contributed by atoms with Crippen LogP contribution < -0.4 is 0 Å². The van der Waals surface area contributed by atoms with Crippen LogP contribution in [0, 0.1) is 16.0 Å². The molecule has 2 rings (SSSR count). The van der Waals surface area contributed by atoms with Crippen LogP contribution >= 0.6 is 0 Å². The van der Waals surface area contributed by atoms with Gasteiger partial charge in [0.05, 0.1) is 16.9 Å². The molecule has 1 saturated heterocycles. The van der Waals surface area contributed by atoms with Crippen molar-refractivity contribution in [2.75, 3.05) is 7.05 Å². The molecule has 1 heterocycles. The number of hydrogen-bond donors (Lipinski definition) is 1. The number of likely N-dealkylation sites (tertiary alicyclic amines) is 1. The number of carboxylic acid groups (broad SMARTS) is 1. The molecule has 2 atom stereocenters. The Kier molecular flexibility index (Phi) is 3.69. The molecule has 1 amide bonds. The van der Waals surface area contributed by atoms with Gasteiger partial charge >= 0.3 is 5.97 Å². The number of rotatable bonds is 3. The fourth-order valence-corrected chi connectivity index (χ4v) is 2.55. The Morgan fingerprint density at radius 3 is 2.50 bits per heavy atom. The highest BCUT2D eigenvalue weighted by molar-refractivity contribution is 5.81. The number of carboxylic acids is 1. The summed E-state index contributed by atoms with van der Waals surface area (Å²) in [6.45, 7) is 0. The van der Waals surface area contributed by atoms with Crippen LogP contribution in [0.5, 0.6) is 0 Å². The maximum atomic E-state index is 11.7. The number of nitrogens with zero attached hydrogens (tertiary/aromatic N) is 2. The SMILES string of the molecule is CN1C(=O)CCC(C(=O)O)C1c1ccc([N+](=O)[O-])cc1. The fourth-order valence-electron chi connectivity index (χ4n) is 2.55. The predicted molar refractivity (Wildman–Crippen MR) is 69.0 cm³/mol. The molecule has 0 spiro atoms. The molecule has 1 aliphatic rings. The number of non-ortho nitro benzene ring substituents is 1. The van der Waals surface area contributed by atoms with Gasteiger partial charge in [-0.2, -0.15) is 0 Å².